The number of hydrogen-bond donors (Lipinski definition) is 2. The second kappa shape index (κ2) is 7.61. The summed E-state index contributed by atoms with van der Waals surface area (Å²) in [5.74, 6) is -0.0932. The van der Waals surface area contributed by atoms with Crippen molar-refractivity contribution in [1.82, 2.24) is 10.9 Å². The van der Waals surface area contributed by atoms with Crippen LogP contribution in [0.25, 0.3) is 0 Å². The zero-order chi connectivity index (χ0) is 17.0. The first-order valence-electron chi connectivity index (χ1n) is 6.92. The number of hydrazine groups is 1. The lowest BCUT2D eigenvalue weighted by atomic mass is 10.1. The second-order valence-corrected chi connectivity index (χ2v) is 7.59. The van der Waals surface area contributed by atoms with E-state index in [4.69, 9.17) is 4.74 Å². The second-order valence-electron chi connectivity index (χ2n) is 5.12. The third kappa shape index (κ3) is 4.80. The number of halogens is 1. The van der Waals surface area contributed by atoms with Crippen LogP contribution >= 0.6 is 27.3 Å². The Bertz CT molecular complexity index is 720. The molecule has 2 rings (SSSR count). The number of benzene rings is 1. The van der Waals surface area contributed by atoms with Crippen LogP contribution in [0.1, 0.15) is 26.4 Å². The summed E-state index contributed by atoms with van der Waals surface area (Å²) >= 11 is 4.57. The summed E-state index contributed by atoms with van der Waals surface area (Å²) in [6, 6.07) is 7.44. The molecular formula is C16H17BrN2O3S. The molecule has 0 spiro atoms. The Hall–Kier alpha value is -1.86. The maximum absolute atomic E-state index is 11.8. The highest BCUT2D eigenvalue weighted by Crippen LogP contribution is 2.24. The third-order valence-corrected chi connectivity index (χ3v) is 4.69. The van der Waals surface area contributed by atoms with Crippen LogP contribution < -0.4 is 15.6 Å². The van der Waals surface area contributed by atoms with Gasteiger partial charge in [-0.15, -0.1) is 11.3 Å². The molecule has 0 aliphatic heterocycles. The molecule has 1 aromatic carbocycles. The molecule has 1 aromatic heterocycles. The zero-order valence-electron chi connectivity index (χ0n) is 13.0. The van der Waals surface area contributed by atoms with Gasteiger partial charge in [-0.05, 0) is 60.0 Å². The van der Waals surface area contributed by atoms with Crippen molar-refractivity contribution in [3.63, 3.8) is 0 Å². The van der Waals surface area contributed by atoms with E-state index < -0.39 is 5.91 Å². The summed E-state index contributed by atoms with van der Waals surface area (Å²) in [5, 5.41) is 0. The number of thiophene rings is 1. The topological polar surface area (TPSA) is 67.4 Å². The van der Waals surface area contributed by atoms with Gasteiger partial charge in [-0.2, -0.15) is 0 Å². The molecule has 7 heteroatoms. The van der Waals surface area contributed by atoms with Gasteiger partial charge < -0.3 is 4.74 Å². The van der Waals surface area contributed by atoms with E-state index in [-0.39, 0.29) is 12.5 Å². The van der Waals surface area contributed by atoms with Crippen molar-refractivity contribution in [3.05, 3.63) is 49.6 Å². The predicted molar refractivity (Wildman–Crippen MR) is 93.8 cm³/mol. The lowest BCUT2D eigenvalue weighted by molar-refractivity contribution is -0.123. The summed E-state index contributed by atoms with van der Waals surface area (Å²) in [4.78, 5) is 24.1. The number of rotatable bonds is 4. The molecule has 0 saturated carbocycles. The lowest BCUT2D eigenvalue weighted by Crippen LogP contribution is -2.43. The van der Waals surface area contributed by atoms with Crippen LogP contribution in [0.15, 0.2) is 28.1 Å². The minimum Gasteiger partial charge on any atom is -0.483 e. The quantitative estimate of drug-likeness (QED) is 0.779. The highest BCUT2D eigenvalue weighted by molar-refractivity contribution is 9.11. The van der Waals surface area contributed by atoms with Gasteiger partial charge in [0.05, 0.1) is 8.66 Å². The smallest absolute Gasteiger partial charge is 0.279 e. The SMILES string of the molecule is Cc1cc(C)c(OCC(=O)NNC(=O)c2ccc(Br)s2)c(C)c1. The van der Waals surface area contributed by atoms with Gasteiger partial charge in [0.2, 0.25) is 0 Å². The van der Waals surface area contributed by atoms with E-state index in [1.807, 2.05) is 32.9 Å². The van der Waals surface area contributed by atoms with Gasteiger partial charge in [-0.1, -0.05) is 17.7 Å². The van der Waals surface area contributed by atoms with Crippen molar-refractivity contribution in [3.8, 4) is 5.75 Å². The fourth-order valence-electron chi connectivity index (χ4n) is 2.19. The molecular weight excluding hydrogens is 380 g/mol. The highest BCUT2D eigenvalue weighted by Gasteiger charge is 2.11. The molecule has 2 amide bonds. The number of ether oxygens (including phenoxy) is 1. The van der Waals surface area contributed by atoms with Crippen molar-refractivity contribution < 1.29 is 14.3 Å². The van der Waals surface area contributed by atoms with Crippen LogP contribution in [-0.4, -0.2) is 18.4 Å². The number of carbonyl (C=O) groups is 2. The molecule has 0 unspecified atom stereocenters. The molecule has 23 heavy (non-hydrogen) atoms. The Kier molecular flexibility index (Phi) is 5.79. The van der Waals surface area contributed by atoms with Crippen LogP contribution in [0, 0.1) is 20.8 Å². The molecule has 0 fully saturated rings. The third-order valence-electron chi connectivity index (χ3n) is 3.06. The molecule has 2 aromatic rings. The number of hydrogen-bond acceptors (Lipinski definition) is 4. The Morgan fingerprint density at radius 3 is 2.35 bits per heavy atom. The van der Waals surface area contributed by atoms with Crippen LogP contribution in [0.2, 0.25) is 0 Å². The van der Waals surface area contributed by atoms with Gasteiger partial charge in [0, 0.05) is 0 Å². The van der Waals surface area contributed by atoms with Gasteiger partial charge in [-0.3, -0.25) is 20.4 Å². The summed E-state index contributed by atoms with van der Waals surface area (Å²) in [5.41, 5.74) is 7.79. The predicted octanol–water partition coefficient (Wildman–Crippen LogP) is 3.28. The maximum Gasteiger partial charge on any atom is 0.279 e. The van der Waals surface area contributed by atoms with Gasteiger partial charge in [-0.25, -0.2) is 0 Å². The van der Waals surface area contributed by atoms with Crippen LogP contribution in [0.4, 0.5) is 0 Å². The molecule has 0 bridgehead atoms. The first-order chi connectivity index (χ1) is 10.9. The Morgan fingerprint density at radius 1 is 1.13 bits per heavy atom. The van der Waals surface area contributed by atoms with E-state index in [1.165, 1.54) is 11.3 Å². The van der Waals surface area contributed by atoms with E-state index in [1.54, 1.807) is 12.1 Å². The van der Waals surface area contributed by atoms with Crippen molar-refractivity contribution in [2.24, 2.45) is 0 Å². The lowest BCUT2D eigenvalue weighted by Gasteiger charge is -2.13. The number of nitrogens with one attached hydrogen (secondary N) is 2. The Morgan fingerprint density at radius 2 is 1.78 bits per heavy atom. The van der Waals surface area contributed by atoms with Gasteiger partial charge in [0.25, 0.3) is 11.8 Å². The minimum atomic E-state index is -0.423. The Labute approximate surface area is 147 Å². The minimum absolute atomic E-state index is 0.168. The first-order valence-corrected chi connectivity index (χ1v) is 8.53. The van der Waals surface area contributed by atoms with E-state index >= 15 is 0 Å². The normalized spacial score (nSPS) is 10.3. The maximum atomic E-state index is 11.8. The van der Waals surface area contributed by atoms with Crippen molar-refractivity contribution in [1.29, 1.82) is 0 Å². The van der Waals surface area contributed by atoms with Crippen molar-refractivity contribution in [2.45, 2.75) is 20.8 Å². The largest absolute Gasteiger partial charge is 0.483 e. The highest BCUT2D eigenvalue weighted by atomic mass is 79.9. The molecule has 5 nitrogen and oxygen atoms in total. The van der Waals surface area contributed by atoms with Gasteiger partial charge in [0.1, 0.15) is 5.75 Å². The van der Waals surface area contributed by atoms with Crippen LogP contribution in [0.5, 0.6) is 5.75 Å². The fourth-order valence-corrected chi connectivity index (χ4v) is 3.47. The van der Waals surface area contributed by atoms with Crippen LogP contribution in [0.3, 0.4) is 0 Å². The molecule has 2 N–H and O–H groups in total. The van der Waals surface area contributed by atoms with Crippen molar-refractivity contribution >= 4 is 39.1 Å². The molecule has 122 valence electrons. The Balaban J connectivity index is 1.85. The molecule has 0 radical (unpaired) electrons. The van der Waals surface area contributed by atoms with E-state index in [0.29, 0.717) is 10.6 Å². The van der Waals surface area contributed by atoms with E-state index in [2.05, 4.69) is 26.8 Å². The first kappa shape index (κ1) is 17.5. The molecule has 0 aliphatic rings. The number of carbonyl (C=O) groups excluding carboxylic acids is 2. The fraction of sp³-hybridized carbons (Fsp3) is 0.250. The number of amides is 2. The summed E-state index contributed by atoms with van der Waals surface area (Å²) in [6.07, 6.45) is 0. The van der Waals surface area contributed by atoms with Crippen molar-refractivity contribution in [2.75, 3.05) is 6.61 Å². The average molecular weight is 397 g/mol. The van der Waals surface area contributed by atoms with Crippen LogP contribution in [-0.2, 0) is 4.79 Å². The molecule has 1 heterocycles. The summed E-state index contributed by atoms with van der Waals surface area (Å²) < 4.78 is 6.41. The standard InChI is InChI=1S/C16H17BrN2O3S/c1-9-6-10(2)15(11(3)7-9)22-8-14(20)18-19-16(21)12-4-5-13(17)23-12/h4-7H,8H2,1-3H3,(H,18,20)(H,19,21). The monoisotopic (exact) mass is 396 g/mol. The molecule has 0 saturated heterocycles. The van der Waals surface area contributed by atoms with E-state index in [0.717, 1.165) is 20.5 Å². The van der Waals surface area contributed by atoms with Gasteiger partial charge >= 0.3 is 0 Å². The van der Waals surface area contributed by atoms with Gasteiger partial charge in [0.15, 0.2) is 6.61 Å². The average Bonchev–Trinajstić information content (AvgIpc) is 2.90. The molecule has 0 aliphatic carbocycles. The molecule has 0 atom stereocenters. The summed E-state index contributed by atoms with van der Waals surface area (Å²) in [7, 11) is 0. The van der Waals surface area contributed by atoms with E-state index in [9.17, 15) is 9.59 Å². The zero-order valence-corrected chi connectivity index (χ0v) is 15.4. The summed E-state index contributed by atoms with van der Waals surface area (Å²) in [6.45, 7) is 5.71. The number of aryl methyl sites for hydroxylation is 3.